The molecule has 3 rings (SSSR count). The Morgan fingerprint density at radius 2 is 1.57 bits per heavy atom. The van der Waals surface area contributed by atoms with E-state index in [0.717, 1.165) is 27.3 Å². The van der Waals surface area contributed by atoms with E-state index in [2.05, 4.69) is 5.32 Å². The van der Waals surface area contributed by atoms with Gasteiger partial charge in [-0.15, -0.1) is 0 Å². The van der Waals surface area contributed by atoms with Crippen LogP contribution in [0.4, 0.5) is 5.69 Å². The number of carbonyl (C=O) groups is 2. The van der Waals surface area contributed by atoms with E-state index in [1.165, 1.54) is 23.1 Å². The zero-order valence-electron chi connectivity index (χ0n) is 23.3. The van der Waals surface area contributed by atoms with Gasteiger partial charge in [0.1, 0.15) is 12.6 Å². The maximum absolute atomic E-state index is 14.2. The van der Waals surface area contributed by atoms with Gasteiger partial charge in [-0.25, -0.2) is 8.42 Å². The SMILES string of the molecule is Cc1ccccc1CN(C(=O)CN(c1cc(Cl)ccc1Cl)S(C)(=O)=O)[C@H](Cc1ccccc1)C(=O)NC(C)(C)C. The summed E-state index contributed by atoms with van der Waals surface area (Å²) in [4.78, 5) is 29.4. The van der Waals surface area contributed by atoms with Gasteiger partial charge in [0.2, 0.25) is 21.8 Å². The van der Waals surface area contributed by atoms with E-state index in [9.17, 15) is 18.0 Å². The molecular formula is C30H35Cl2N3O4S. The average Bonchev–Trinajstić information content (AvgIpc) is 2.86. The molecule has 214 valence electrons. The van der Waals surface area contributed by atoms with Gasteiger partial charge < -0.3 is 10.2 Å². The van der Waals surface area contributed by atoms with Crippen molar-refractivity contribution in [1.29, 1.82) is 0 Å². The Labute approximate surface area is 247 Å². The van der Waals surface area contributed by atoms with Crippen LogP contribution in [0, 0.1) is 6.92 Å². The van der Waals surface area contributed by atoms with Gasteiger partial charge >= 0.3 is 0 Å². The first kappa shape index (κ1) is 31.5. The van der Waals surface area contributed by atoms with Crippen LogP contribution in [-0.4, -0.2) is 49.5 Å². The van der Waals surface area contributed by atoms with Crippen LogP contribution >= 0.6 is 23.2 Å². The predicted octanol–water partition coefficient (Wildman–Crippen LogP) is 5.62. The summed E-state index contributed by atoms with van der Waals surface area (Å²) < 4.78 is 26.8. The molecule has 0 aliphatic carbocycles. The predicted molar refractivity (Wildman–Crippen MR) is 162 cm³/mol. The highest BCUT2D eigenvalue weighted by Gasteiger charge is 2.35. The molecule has 1 atom stereocenters. The van der Waals surface area contributed by atoms with Gasteiger partial charge in [-0.05, 0) is 62.6 Å². The molecule has 3 aromatic carbocycles. The molecule has 1 N–H and O–H groups in total. The minimum Gasteiger partial charge on any atom is -0.350 e. The number of aryl methyl sites for hydroxylation is 1. The highest BCUT2D eigenvalue weighted by atomic mass is 35.5. The van der Waals surface area contributed by atoms with E-state index in [4.69, 9.17) is 23.2 Å². The normalized spacial score (nSPS) is 12.5. The first-order valence-corrected chi connectivity index (χ1v) is 15.4. The Morgan fingerprint density at radius 3 is 2.17 bits per heavy atom. The van der Waals surface area contributed by atoms with Crippen molar-refractivity contribution in [2.24, 2.45) is 0 Å². The van der Waals surface area contributed by atoms with Crippen LogP contribution in [0.3, 0.4) is 0 Å². The molecule has 0 saturated heterocycles. The maximum Gasteiger partial charge on any atom is 0.244 e. The third-order valence-electron chi connectivity index (χ3n) is 6.23. The number of anilines is 1. The summed E-state index contributed by atoms with van der Waals surface area (Å²) in [5.41, 5.74) is 2.16. The number of nitrogens with zero attached hydrogens (tertiary/aromatic N) is 2. The molecule has 0 bridgehead atoms. The lowest BCUT2D eigenvalue weighted by molar-refractivity contribution is -0.140. The third kappa shape index (κ3) is 8.71. The molecule has 7 nitrogen and oxygen atoms in total. The molecular weight excluding hydrogens is 569 g/mol. The molecule has 3 aromatic rings. The number of benzene rings is 3. The summed E-state index contributed by atoms with van der Waals surface area (Å²) in [7, 11) is -3.96. The summed E-state index contributed by atoms with van der Waals surface area (Å²) in [5.74, 6) is -0.903. The first-order chi connectivity index (χ1) is 18.7. The summed E-state index contributed by atoms with van der Waals surface area (Å²) in [6.07, 6.45) is 1.23. The van der Waals surface area contributed by atoms with Gasteiger partial charge in [-0.3, -0.25) is 13.9 Å². The molecule has 0 fully saturated rings. The van der Waals surface area contributed by atoms with Crippen molar-refractivity contribution in [2.75, 3.05) is 17.1 Å². The monoisotopic (exact) mass is 603 g/mol. The van der Waals surface area contributed by atoms with Crippen LogP contribution in [0.1, 0.15) is 37.5 Å². The second kappa shape index (κ2) is 13.1. The van der Waals surface area contributed by atoms with E-state index < -0.39 is 34.1 Å². The molecule has 0 radical (unpaired) electrons. The van der Waals surface area contributed by atoms with Crippen LogP contribution in [0.15, 0.2) is 72.8 Å². The quantitative estimate of drug-likeness (QED) is 0.326. The second-order valence-corrected chi connectivity index (χ2v) is 13.5. The van der Waals surface area contributed by atoms with E-state index >= 15 is 0 Å². The topological polar surface area (TPSA) is 86.8 Å². The number of hydrogen-bond acceptors (Lipinski definition) is 4. The number of hydrogen-bond donors (Lipinski definition) is 1. The van der Waals surface area contributed by atoms with E-state index in [1.54, 1.807) is 0 Å². The van der Waals surface area contributed by atoms with Crippen LogP contribution in [0.25, 0.3) is 0 Å². The highest BCUT2D eigenvalue weighted by molar-refractivity contribution is 7.92. The molecule has 0 aliphatic heterocycles. The second-order valence-electron chi connectivity index (χ2n) is 10.8. The minimum atomic E-state index is -3.96. The van der Waals surface area contributed by atoms with Crippen LogP contribution in [0.2, 0.25) is 10.0 Å². The summed E-state index contributed by atoms with van der Waals surface area (Å²) in [6.45, 7) is 7.05. The molecule has 0 aliphatic rings. The smallest absolute Gasteiger partial charge is 0.244 e. The number of halogens is 2. The number of carbonyl (C=O) groups excluding carboxylic acids is 2. The van der Waals surface area contributed by atoms with Crippen LogP contribution in [-0.2, 0) is 32.6 Å². The zero-order valence-corrected chi connectivity index (χ0v) is 25.6. The minimum absolute atomic E-state index is 0.0830. The van der Waals surface area contributed by atoms with Crippen molar-refractivity contribution >= 4 is 50.7 Å². The summed E-state index contributed by atoms with van der Waals surface area (Å²) in [5, 5.41) is 3.40. The summed E-state index contributed by atoms with van der Waals surface area (Å²) in [6, 6.07) is 20.5. The van der Waals surface area contributed by atoms with Crippen molar-refractivity contribution in [3.63, 3.8) is 0 Å². The van der Waals surface area contributed by atoms with Gasteiger partial charge in [0.15, 0.2) is 0 Å². The molecule has 0 heterocycles. The van der Waals surface area contributed by atoms with Crippen molar-refractivity contribution in [3.8, 4) is 0 Å². The Bertz CT molecular complexity index is 1460. The fourth-order valence-electron chi connectivity index (χ4n) is 4.25. The number of sulfonamides is 1. The van der Waals surface area contributed by atoms with Gasteiger partial charge in [0.05, 0.1) is 17.0 Å². The molecule has 2 amide bonds. The lowest BCUT2D eigenvalue weighted by Crippen LogP contribution is -2.56. The van der Waals surface area contributed by atoms with E-state index in [1.807, 2.05) is 82.3 Å². The molecule has 40 heavy (non-hydrogen) atoms. The number of nitrogens with one attached hydrogen (secondary N) is 1. The third-order valence-corrected chi connectivity index (χ3v) is 7.91. The Balaban J connectivity index is 2.11. The van der Waals surface area contributed by atoms with Gasteiger partial charge in [0.25, 0.3) is 0 Å². The lowest BCUT2D eigenvalue weighted by atomic mass is 10.00. The number of amides is 2. The first-order valence-electron chi connectivity index (χ1n) is 12.8. The van der Waals surface area contributed by atoms with Gasteiger partial charge in [-0.1, -0.05) is 77.8 Å². The lowest BCUT2D eigenvalue weighted by Gasteiger charge is -2.35. The molecule has 0 saturated carbocycles. The van der Waals surface area contributed by atoms with Crippen molar-refractivity contribution < 1.29 is 18.0 Å². The Kier molecular flexibility index (Phi) is 10.3. The van der Waals surface area contributed by atoms with Gasteiger partial charge in [0, 0.05) is 23.5 Å². The fraction of sp³-hybridized carbons (Fsp3) is 0.333. The van der Waals surface area contributed by atoms with Crippen LogP contribution in [0.5, 0.6) is 0 Å². The Morgan fingerprint density at radius 1 is 0.950 bits per heavy atom. The van der Waals surface area contributed by atoms with Gasteiger partial charge in [-0.2, -0.15) is 0 Å². The standard InChI is InChI=1S/C30H35Cl2N3O4S/c1-21-11-9-10-14-23(21)19-34(27(29(37)33-30(2,3)4)17-22-12-7-6-8-13-22)28(36)20-35(40(5,38)39)26-18-24(31)15-16-25(26)32/h6-16,18,27H,17,19-20H2,1-5H3,(H,33,37)/t27-/m1/s1. The molecule has 0 unspecified atom stereocenters. The van der Waals surface area contributed by atoms with E-state index in [0.29, 0.717) is 0 Å². The Hall–Kier alpha value is -3.07. The highest BCUT2D eigenvalue weighted by Crippen LogP contribution is 2.31. The van der Waals surface area contributed by atoms with Crippen molar-refractivity contribution in [3.05, 3.63) is 99.5 Å². The molecule has 10 heteroatoms. The van der Waals surface area contributed by atoms with Crippen molar-refractivity contribution in [1.82, 2.24) is 10.2 Å². The molecule has 0 spiro atoms. The maximum atomic E-state index is 14.2. The fourth-order valence-corrected chi connectivity index (χ4v) is 5.54. The number of rotatable bonds is 10. The zero-order chi connectivity index (χ0) is 29.7. The van der Waals surface area contributed by atoms with E-state index in [-0.39, 0.29) is 34.6 Å². The molecule has 0 aromatic heterocycles. The van der Waals surface area contributed by atoms with Crippen molar-refractivity contribution in [2.45, 2.75) is 52.2 Å². The summed E-state index contributed by atoms with van der Waals surface area (Å²) >= 11 is 12.5. The van der Waals surface area contributed by atoms with Crippen LogP contribution < -0.4 is 9.62 Å². The average molecular weight is 605 g/mol. The largest absolute Gasteiger partial charge is 0.350 e.